The summed E-state index contributed by atoms with van der Waals surface area (Å²) in [5.74, 6) is 1.39. The lowest BCUT2D eigenvalue weighted by atomic mass is 10.1. The minimum absolute atomic E-state index is 0.198. The number of ether oxygens (including phenoxy) is 3. The predicted molar refractivity (Wildman–Crippen MR) is 51.1 cm³/mol. The molecule has 0 N–H and O–H groups in total. The number of rotatable bonds is 1. The number of hydrogen-bond donors (Lipinski definition) is 0. The zero-order chi connectivity index (χ0) is 9.54. The van der Waals surface area contributed by atoms with Crippen molar-refractivity contribution in [3.63, 3.8) is 0 Å². The van der Waals surface area contributed by atoms with Gasteiger partial charge in [-0.05, 0) is 17.7 Å². The average Bonchev–Trinajstić information content (AvgIpc) is 3.01. The molecular weight excluding hydrogens is 204 g/mol. The van der Waals surface area contributed by atoms with Gasteiger partial charge in [0.25, 0.3) is 0 Å². The third-order valence-corrected chi connectivity index (χ3v) is 2.61. The summed E-state index contributed by atoms with van der Waals surface area (Å²) in [6, 6.07) is 3.82. The van der Waals surface area contributed by atoms with Gasteiger partial charge in [0.05, 0.1) is 11.6 Å². The number of benzene rings is 1. The van der Waals surface area contributed by atoms with Crippen LogP contribution in [0.3, 0.4) is 0 Å². The Morgan fingerprint density at radius 3 is 2.79 bits per heavy atom. The molecule has 1 aromatic rings. The molecule has 1 atom stereocenters. The van der Waals surface area contributed by atoms with E-state index in [-0.39, 0.29) is 6.10 Å². The second kappa shape index (κ2) is 3.04. The number of fused-ring (bicyclic) bond motifs is 1. The van der Waals surface area contributed by atoms with Gasteiger partial charge in [0.15, 0.2) is 11.5 Å². The molecule has 0 bridgehead atoms. The first kappa shape index (κ1) is 8.38. The first-order valence-corrected chi connectivity index (χ1v) is 4.93. The minimum atomic E-state index is 0.198. The van der Waals surface area contributed by atoms with Crippen LogP contribution in [0.25, 0.3) is 0 Å². The van der Waals surface area contributed by atoms with Crippen LogP contribution in [0, 0.1) is 0 Å². The highest BCUT2D eigenvalue weighted by atomic mass is 35.5. The van der Waals surface area contributed by atoms with Crippen LogP contribution in [0.4, 0.5) is 0 Å². The third-order valence-electron chi connectivity index (χ3n) is 2.32. The predicted octanol–water partition coefficient (Wildman–Crippen LogP) is 2.18. The first-order valence-electron chi connectivity index (χ1n) is 4.55. The number of hydrogen-bond acceptors (Lipinski definition) is 3. The van der Waals surface area contributed by atoms with Gasteiger partial charge >= 0.3 is 0 Å². The highest BCUT2D eigenvalue weighted by Gasteiger charge is 2.28. The molecule has 2 heterocycles. The Balaban J connectivity index is 2.06. The van der Waals surface area contributed by atoms with Gasteiger partial charge in [-0.1, -0.05) is 11.6 Å². The van der Waals surface area contributed by atoms with Crippen molar-refractivity contribution in [3.8, 4) is 11.5 Å². The van der Waals surface area contributed by atoms with Crippen LogP contribution in [-0.4, -0.2) is 19.8 Å². The Kier molecular flexibility index (Phi) is 1.82. The number of epoxide rings is 1. The van der Waals surface area contributed by atoms with E-state index in [2.05, 4.69) is 0 Å². The monoisotopic (exact) mass is 212 g/mol. The van der Waals surface area contributed by atoms with E-state index < -0.39 is 0 Å². The van der Waals surface area contributed by atoms with Crippen molar-refractivity contribution in [2.45, 2.75) is 6.10 Å². The fourth-order valence-corrected chi connectivity index (χ4v) is 1.83. The van der Waals surface area contributed by atoms with Gasteiger partial charge in [-0.2, -0.15) is 0 Å². The second-order valence-corrected chi connectivity index (χ2v) is 3.76. The molecule has 0 saturated carbocycles. The largest absolute Gasteiger partial charge is 0.486 e. The molecule has 1 unspecified atom stereocenters. The highest BCUT2D eigenvalue weighted by Crippen LogP contribution is 2.42. The van der Waals surface area contributed by atoms with E-state index in [1.54, 1.807) is 0 Å². The molecule has 3 nitrogen and oxygen atoms in total. The molecule has 74 valence electrons. The molecule has 0 spiro atoms. The molecule has 2 aliphatic heterocycles. The normalized spacial score (nSPS) is 23.4. The van der Waals surface area contributed by atoms with Crippen molar-refractivity contribution in [2.75, 3.05) is 19.8 Å². The van der Waals surface area contributed by atoms with Crippen LogP contribution in [0.5, 0.6) is 11.5 Å². The van der Waals surface area contributed by atoms with E-state index in [1.165, 1.54) is 0 Å². The molecule has 0 radical (unpaired) electrons. The van der Waals surface area contributed by atoms with Crippen LogP contribution in [0.1, 0.15) is 11.7 Å². The summed E-state index contributed by atoms with van der Waals surface area (Å²) < 4.78 is 16.1. The second-order valence-electron chi connectivity index (χ2n) is 3.35. The van der Waals surface area contributed by atoms with Crippen molar-refractivity contribution in [2.24, 2.45) is 0 Å². The van der Waals surface area contributed by atoms with Crippen LogP contribution in [0.15, 0.2) is 12.1 Å². The van der Waals surface area contributed by atoms with Crippen molar-refractivity contribution in [1.82, 2.24) is 0 Å². The van der Waals surface area contributed by atoms with Gasteiger partial charge in [-0.3, -0.25) is 0 Å². The van der Waals surface area contributed by atoms with E-state index in [1.807, 2.05) is 12.1 Å². The molecule has 0 aromatic heterocycles. The Morgan fingerprint density at radius 2 is 2.00 bits per heavy atom. The smallest absolute Gasteiger partial charge is 0.179 e. The molecule has 2 aliphatic rings. The summed E-state index contributed by atoms with van der Waals surface area (Å²) in [7, 11) is 0. The quantitative estimate of drug-likeness (QED) is 0.669. The van der Waals surface area contributed by atoms with Gasteiger partial charge < -0.3 is 14.2 Å². The summed E-state index contributed by atoms with van der Waals surface area (Å²) >= 11 is 6.06. The SMILES string of the molecule is Clc1cc(C2CO2)cc2c1OCCO2. The minimum Gasteiger partial charge on any atom is -0.486 e. The topological polar surface area (TPSA) is 31.0 Å². The molecule has 1 aromatic carbocycles. The molecule has 14 heavy (non-hydrogen) atoms. The van der Waals surface area contributed by atoms with E-state index in [0.29, 0.717) is 24.0 Å². The van der Waals surface area contributed by atoms with Gasteiger partial charge in [-0.25, -0.2) is 0 Å². The summed E-state index contributed by atoms with van der Waals surface area (Å²) in [6.07, 6.45) is 0.198. The molecule has 3 rings (SSSR count). The van der Waals surface area contributed by atoms with Crippen LogP contribution >= 0.6 is 11.6 Å². The molecule has 1 saturated heterocycles. The fraction of sp³-hybridized carbons (Fsp3) is 0.400. The van der Waals surface area contributed by atoms with Crippen molar-refractivity contribution in [3.05, 3.63) is 22.7 Å². The van der Waals surface area contributed by atoms with Crippen molar-refractivity contribution in [1.29, 1.82) is 0 Å². The zero-order valence-corrected chi connectivity index (χ0v) is 8.21. The molecule has 0 amide bonds. The van der Waals surface area contributed by atoms with Crippen LogP contribution in [-0.2, 0) is 4.74 Å². The Hall–Kier alpha value is -0.930. The van der Waals surface area contributed by atoms with Gasteiger partial charge in [-0.15, -0.1) is 0 Å². The van der Waals surface area contributed by atoms with E-state index in [9.17, 15) is 0 Å². The van der Waals surface area contributed by atoms with Crippen molar-refractivity contribution < 1.29 is 14.2 Å². The Morgan fingerprint density at radius 1 is 1.21 bits per heavy atom. The van der Waals surface area contributed by atoms with E-state index in [0.717, 1.165) is 17.9 Å². The lowest BCUT2D eigenvalue weighted by Crippen LogP contribution is -2.15. The molecular formula is C10H9ClO3. The van der Waals surface area contributed by atoms with Gasteiger partial charge in [0, 0.05) is 0 Å². The molecule has 0 aliphatic carbocycles. The fourth-order valence-electron chi connectivity index (χ4n) is 1.56. The van der Waals surface area contributed by atoms with Gasteiger partial charge in [0.2, 0.25) is 0 Å². The van der Waals surface area contributed by atoms with Crippen LogP contribution in [0.2, 0.25) is 5.02 Å². The molecule has 1 fully saturated rings. The van der Waals surface area contributed by atoms with Crippen LogP contribution < -0.4 is 9.47 Å². The highest BCUT2D eigenvalue weighted by molar-refractivity contribution is 6.32. The third kappa shape index (κ3) is 1.33. The maximum Gasteiger partial charge on any atom is 0.179 e. The van der Waals surface area contributed by atoms with Crippen molar-refractivity contribution >= 4 is 11.6 Å². The van der Waals surface area contributed by atoms with Gasteiger partial charge in [0.1, 0.15) is 19.3 Å². The lowest BCUT2D eigenvalue weighted by Gasteiger charge is -2.19. The zero-order valence-electron chi connectivity index (χ0n) is 7.46. The summed E-state index contributed by atoms with van der Waals surface area (Å²) in [6.45, 7) is 1.92. The van der Waals surface area contributed by atoms with E-state index >= 15 is 0 Å². The Bertz CT molecular complexity index is 374. The average molecular weight is 213 g/mol. The number of halogens is 1. The Labute approximate surface area is 86.5 Å². The summed E-state index contributed by atoms with van der Waals surface area (Å²) in [4.78, 5) is 0. The first-order chi connectivity index (χ1) is 6.84. The lowest BCUT2D eigenvalue weighted by molar-refractivity contribution is 0.171. The van der Waals surface area contributed by atoms with E-state index in [4.69, 9.17) is 25.8 Å². The summed E-state index contributed by atoms with van der Waals surface area (Å²) in [5, 5.41) is 0.604. The maximum atomic E-state index is 6.06. The maximum absolute atomic E-state index is 6.06. The summed E-state index contributed by atoms with van der Waals surface area (Å²) in [5.41, 5.74) is 1.07. The standard InChI is InChI=1S/C10H9ClO3/c11-7-3-6(9-5-14-9)4-8-10(7)13-2-1-12-8/h3-4,9H,1-2,5H2. The molecule has 4 heteroatoms.